The van der Waals surface area contributed by atoms with Crippen LogP contribution in [0.2, 0.25) is 0 Å². The smallest absolute Gasteiger partial charge is 0.242 e. The number of carbonyl (C=O) groups excluding carboxylic acids is 2. The molecule has 6 heteroatoms. The van der Waals surface area contributed by atoms with E-state index in [0.29, 0.717) is 39.0 Å². The molecule has 32 heavy (non-hydrogen) atoms. The molecule has 0 unspecified atom stereocenters. The number of carbonyl (C=O) groups is 2. The highest BCUT2D eigenvalue weighted by Gasteiger charge is 2.26. The Kier molecular flexibility index (Phi) is 8.54. The summed E-state index contributed by atoms with van der Waals surface area (Å²) in [5.41, 5.74) is 2.16. The minimum atomic E-state index is -0.527. The monoisotopic (exact) mass is 438 g/mol. The first-order chi connectivity index (χ1) is 15.5. The van der Waals surface area contributed by atoms with Crippen LogP contribution in [0.15, 0.2) is 48.5 Å². The summed E-state index contributed by atoms with van der Waals surface area (Å²) in [7, 11) is 0. The molecule has 6 nitrogen and oxygen atoms in total. The predicted molar refractivity (Wildman–Crippen MR) is 125 cm³/mol. The Morgan fingerprint density at radius 1 is 0.969 bits per heavy atom. The van der Waals surface area contributed by atoms with Gasteiger partial charge in [-0.2, -0.15) is 0 Å². The van der Waals surface area contributed by atoms with Gasteiger partial charge < -0.3 is 19.7 Å². The van der Waals surface area contributed by atoms with Crippen LogP contribution in [0.1, 0.15) is 44.7 Å². The molecular weight excluding hydrogens is 404 g/mol. The number of aryl methyl sites for hydroxylation is 1. The van der Waals surface area contributed by atoms with Gasteiger partial charge in [0.05, 0.1) is 0 Å². The van der Waals surface area contributed by atoms with Gasteiger partial charge in [-0.15, -0.1) is 0 Å². The number of benzene rings is 2. The minimum absolute atomic E-state index is 0.0254. The number of hydrogen-bond donors (Lipinski definition) is 1. The molecule has 1 aliphatic heterocycles. The summed E-state index contributed by atoms with van der Waals surface area (Å²) in [6.07, 6.45) is 2.46. The average molecular weight is 439 g/mol. The van der Waals surface area contributed by atoms with E-state index in [1.165, 1.54) is 0 Å². The molecule has 2 aromatic rings. The van der Waals surface area contributed by atoms with Gasteiger partial charge in [-0.25, -0.2) is 0 Å². The number of fused-ring (bicyclic) bond motifs is 1. The van der Waals surface area contributed by atoms with Crippen molar-refractivity contribution in [3.63, 3.8) is 0 Å². The second kappa shape index (κ2) is 11.6. The maximum Gasteiger partial charge on any atom is 0.242 e. The SMILES string of the molecule is CC[C@H](C)NC(=O)[C@@H](C)N(CCc1ccccc1)C(=O)CCc1ccc2c(c1)OCCO2. The second-order valence-electron chi connectivity index (χ2n) is 8.29. The highest BCUT2D eigenvalue weighted by Crippen LogP contribution is 2.31. The van der Waals surface area contributed by atoms with Crippen LogP contribution in [0.25, 0.3) is 0 Å². The van der Waals surface area contributed by atoms with Crippen molar-refractivity contribution in [1.29, 1.82) is 0 Å². The third kappa shape index (κ3) is 6.49. The van der Waals surface area contributed by atoms with Crippen molar-refractivity contribution in [3.8, 4) is 11.5 Å². The molecule has 172 valence electrons. The van der Waals surface area contributed by atoms with Crippen LogP contribution in [-0.4, -0.2) is 48.6 Å². The van der Waals surface area contributed by atoms with Crippen LogP contribution in [0.4, 0.5) is 0 Å². The fraction of sp³-hybridized carbons (Fsp3) is 0.462. The summed E-state index contributed by atoms with van der Waals surface area (Å²) < 4.78 is 11.2. The predicted octanol–water partition coefficient (Wildman–Crippen LogP) is 3.76. The molecule has 2 aromatic carbocycles. The van der Waals surface area contributed by atoms with Crippen LogP contribution < -0.4 is 14.8 Å². The number of nitrogens with one attached hydrogen (secondary N) is 1. The zero-order chi connectivity index (χ0) is 22.9. The molecule has 0 radical (unpaired) electrons. The van der Waals surface area contributed by atoms with Crippen molar-refractivity contribution in [1.82, 2.24) is 10.2 Å². The molecule has 0 fully saturated rings. The van der Waals surface area contributed by atoms with Gasteiger partial charge in [0.1, 0.15) is 19.3 Å². The summed E-state index contributed by atoms with van der Waals surface area (Å²) in [6, 6.07) is 15.4. The summed E-state index contributed by atoms with van der Waals surface area (Å²) in [6.45, 7) is 7.40. The number of amides is 2. The molecule has 0 saturated heterocycles. The Hall–Kier alpha value is -3.02. The lowest BCUT2D eigenvalue weighted by Gasteiger charge is -2.30. The second-order valence-corrected chi connectivity index (χ2v) is 8.29. The number of hydrogen-bond acceptors (Lipinski definition) is 4. The maximum absolute atomic E-state index is 13.2. The van der Waals surface area contributed by atoms with Crippen molar-refractivity contribution in [2.75, 3.05) is 19.8 Å². The average Bonchev–Trinajstić information content (AvgIpc) is 2.83. The van der Waals surface area contributed by atoms with Crippen molar-refractivity contribution >= 4 is 11.8 Å². The van der Waals surface area contributed by atoms with Crippen molar-refractivity contribution in [3.05, 3.63) is 59.7 Å². The molecule has 2 atom stereocenters. The van der Waals surface area contributed by atoms with E-state index in [1.807, 2.05) is 69.3 Å². The van der Waals surface area contributed by atoms with E-state index in [9.17, 15) is 9.59 Å². The van der Waals surface area contributed by atoms with E-state index in [2.05, 4.69) is 5.32 Å². The van der Waals surface area contributed by atoms with E-state index in [4.69, 9.17) is 9.47 Å². The fourth-order valence-corrected chi connectivity index (χ4v) is 3.67. The van der Waals surface area contributed by atoms with E-state index in [-0.39, 0.29) is 17.9 Å². The van der Waals surface area contributed by atoms with Gasteiger partial charge in [0.15, 0.2) is 11.5 Å². The van der Waals surface area contributed by atoms with E-state index < -0.39 is 6.04 Å². The Morgan fingerprint density at radius 3 is 2.41 bits per heavy atom. The third-order valence-corrected chi connectivity index (χ3v) is 5.89. The summed E-state index contributed by atoms with van der Waals surface area (Å²) in [5, 5.41) is 3.01. The number of ether oxygens (including phenoxy) is 2. The van der Waals surface area contributed by atoms with Crippen molar-refractivity contribution in [2.24, 2.45) is 0 Å². The first-order valence-corrected chi connectivity index (χ1v) is 11.5. The topological polar surface area (TPSA) is 67.9 Å². The van der Waals surface area contributed by atoms with Crippen LogP contribution in [0, 0.1) is 0 Å². The zero-order valence-corrected chi connectivity index (χ0v) is 19.3. The van der Waals surface area contributed by atoms with Gasteiger partial charge in [0.25, 0.3) is 0 Å². The lowest BCUT2D eigenvalue weighted by atomic mass is 10.1. The van der Waals surface area contributed by atoms with Gasteiger partial charge in [0.2, 0.25) is 11.8 Å². The Bertz CT molecular complexity index is 900. The molecule has 1 aliphatic rings. The van der Waals surface area contributed by atoms with Crippen LogP contribution in [0.5, 0.6) is 11.5 Å². The third-order valence-electron chi connectivity index (χ3n) is 5.89. The first kappa shape index (κ1) is 23.6. The number of rotatable bonds is 10. The van der Waals surface area contributed by atoms with Gasteiger partial charge >= 0.3 is 0 Å². The highest BCUT2D eigenvalue weighted by atomic mass is 16.6. The van der Waals surface area contributed by atoms with Crippen LogP contribution in [0.3, 0.4) is 0 Å². The lowest BCUT2D eigenvalue weighted by Crippen LogP contribution is -2.50. The summed E-state index contributed by atoms with van der Waals surface area (Å²) >= 11 is 0. The van der Waals surface area contributed by atoms with E-state index >= 15 is 0 Å². The number of nitrogens with zero attached hydrogens (tertiary/aromatic N) is 1. The quantitative estimate of drug-likeness (QED) is 0.613. The van der Waals surface area contributed by atoms with E-state index in [1.54, 1.807) is 4.90 Å². The van der Waals surface area contributed by atoms with Crippen LogP contribution in [-0.2, 0) is 22.4 Å². The molecule has 0 aromatic heterocycles. The normalized spacial score (nSPS) is 14.3. The van der Waals surface area contributed by atoms with Gasteiger partial charge in [-0.3, -0.25) is 9.59 Å². The molecule has 1 N–H and O–H groups in total. The standard InChI is InChI=1S/C26H34N2O4/c1-4-19(2)27-26(30)20(3)28(15-14-21-8-6-5-7-9-21)25(29)13-11-22-10-12-23-24(18-22)32-17-16-31-23/h5-10,12,18-20H,4,11,13-17H2,1-3H3,(H,27,30)/t19-,20+/m0/s1. The Labute approximate surface area is 190 Å². The first-order valence-electron chi connectivity index (χ1n) is 11.5. The van der Waals surface area contributed by atoms with Gasteiger partial charge in [-0.05, 0) is 56.4 Å². The molecular formula is C26H34N2O4. The fourth-order valence-electron chi connectivity index (χ4n) is 3.67. The molecule has 1 heterocycles. The van der Waals surface area contributed by atoms with Gasteiger partial charge in [0, 0.05) is 19.0 Å². The zero-order valence-electron chi connectivity index (χ0n) is 19.3. The maximum atomic E-state index is 13.2. The van der Waals surface area contributed by atoms with Crippen molar-refractivity contribution in [2.45, 2.75) is 58.5 Å². The largest absolute Gasteiger partial charge is 0.486 e. The van der Waals surface area contributed by atoms with Gasteiger partial charge in [-0.1, -0.05) is 43.3 Å². The molecule has 0 bridgehead atoms. The summed E-state index contributed by atoms with van der Waals surface area (Å²) in [5.74, 6) is 1.33. The molecule has 0 spiro atoms. The Morgan fingerprint density at radius 2 is 1.69 bits per heavy atom. The lowest BCUT2D eigenvalue weighted by molar-refractivity contribution is -0.140. The minimum Gasteiger partial charge on any atom is -0.486 e. The summed E-state index contributed by atoms with van der Waals surface area (Å²) in [4.78, 5) is 27.7. The molecule has 2 amide bonds. The van der Waals surface area contributed by atoms with E-state index in [0.717, 1.165) is 29.0 Å². The van der Waals surface area contributed by atoms with Crippen molar-refractivity contribution < 1.29 is 19.1 Å². The highest BCUT2D eigenvalue weighted by molar-refractivity contribution is 5.87. The molecule has 3 rings (SSSR count). The molecule has 0 saturated carbocycles. The Balaban J connectivity index is 1.66. The molecule has 0 aliphatic carbocycles. The van der Waals surface area contributed by atoms with Crippen LogP contribution >= 0.6 is 0 Å².